The van der Waals surface area contributed by atoms with Crippen LogP contribution in [0.25, 0.3) is 11.0 Å². The largest absolute Gasteiger partial charge is 0.354 e. The van der Waals surface area contributed by atoms with Gasteiger partial charge in [0, 0.05) is 33.4 Å². The molecule has 2 unspecified atom stereocenters. The van der Waals surface area contributed by atoms with E-state index in [0.29, 0.717) is 12.5 Å². The van der Waals surface area contributed by atoms with Crippen LogP contribution in [0, 0.1) is 17.2 Å². The van der Waals surface area contributed by atoms with Crippen LogP contribution in [0.3, 0.4) is 0 Å². The average Bonchev–Trinajstić information content (AvgIpc) is 2.96. The molecule has 1 aliphatic heterocycles. The van der Waals surface area contributed by atoms with Gasteiger partial charge >= 0.3 is 0 Å². The molecule has 24 heavy (non-hydrogen) atoms. The molecule has 2 atom stereocenters. The van der Waals surface area contributed by atoms with Crippen LogP contribution >= 0.6 is 0 Å². The molecule has 3 rings (SSSR count). The van der Waals surface area contributed by atoms with Crippen molar-refractivity contribution in [3.05, 3.63) is 18.6 Å². The molecule has 1 saturated heterocycles. The first-order valence-electron chi connectivity index (χ1n) is 8.16. The summed E-state index contributed by atoms with van der Waals surface area (Å²) in [6.45, 7) is 3.55. The predicted octanol–water partition coefficient (Wildman–Crippen LogP) is 1.56. The van der Waals surface area contributed by atoms with Gasteiger partial charge in [-0.25, -0.2) is 9.97 Å². The second kappa shape index (κ2) is 6.48. The Morgan fingerprint density at radius 3 is 3.04 bits per heavy atom. The van der Waals surface area contributed by atoms with Gasteiger partial charge < -0.3 is 14.4 Å². The summed E-state index contributed by atoms with van der Waals surface area (Å²) >= 11 is 0. The molecule has 0 saturated carbocycles. The Balaban J connectivity index is 1.88. The molecule has 0 spiro atoms. The lowest BCUT2D eigenvalue weighted by Gasteiger charge is -2.42. The molecular weight excluding hydrogens is 304 g/mol. The van der Waals surface area contributed by atoms with E-state index >= 15 is 0 Å². The fourth-order valence-corrected chi connectivity index (χ4v) is 3.46. The van der Waals surface area contributed by atoms with E-state index in [0.717, 1.165) is 29.8 Å². The maximum Gasteiger partial charge on any atom is 0.236 e. The topological polar surface area (TPSA) is 78.1 Å². The number of carbonyl (C=O) groups excluding carboxylic acids is 1. The van der Waals surface area contributed by atoms with Crippen molar-refractivity contribution in [1.29, 1.82) is 5.26 Å². The van der Waals surface area contributed by atoms with Gasteiger partial charge in [-0.15, -0.1) is 0 Å². The van der Waals surface area contributed by atoms with Crippen LogP contribution < -0.4 is 4.90 Å². The summed E-state index contributed by atoms with van der Waals surface area (Å²) in [5, 5.41) is 9.78. The van der Waals surface area contributed by atoms with Crippen molar-refractivity contribution in [1.82, 2.24) is 19.4 Å². The van der Waals surface area contributed by atoms with Crippen molar-refractivity contribution in [2.75, 3.05) is 25.0 Å². The van der Waals surface area contributed by atoms with Crippen molar-refractivity contribution in [2.45, 2.75) is 25.8 Å². The molecule has 0 aliphatic carbocycles. The number of aromatic nitrogens is 3. The van der Waals surface area contributed by atoms with E-state index in [2.05, 4.69) is 21.8 Å². The lowest BCUT2D eigenvalue weighted by atomic mass is 9.92. The van der Waals surface area contributed by atoms with E-state index in [4.69, 9.17) is 5.26 Å². The summed E-state index contributed by atoms with van der Waals surface area (Å²) in [5.74, 6) is 1.23. The third-order valence-electron chi connectivity index (χ3n) is 4.97. The Morgan fingerprint density at radius 2 is 2.29 bits per heavy atom. The first kappa shape index (κ1) is 16.2. The van der Waals surface area contributed by atoms with Crippen LogP contribution in [-0.2, 0) is 11.8 Å². The summed E-state index contributed by atoms with van der Waals surface area (Å²) < 4.78 is 1.97. The molecule has 0 aromatic carbocycles. The third-order valence-corrected chi connectivity index (χ3v) is 4.97. The van der Waals surface area contributed by atoms with E-state index in [-0.39, 0.29) is 18.4 Å². The van der Waals surface area contributed by atoms with Crippen molar-refractivity contribution in [3.63, 3.8) is 0 Å². The number of amides is 1. The highest BCUT2D eigenvalue weighted by Gasteiger charge is 2.32. The van der Waals surface area contributed by atoms with Gasteiger partial charge in [0.15, 0.2) is 0 Å². The summed E-state index contributed by atoms with van der Waals surface area (Å²) in [7, 11) is 3.98. The van der Waals surface area contributed by atoms with E-state index in [1.54, 1.807) is 11.2 Å². The van der Waals surface area contributed by atoms with Gasteiger partial charge in [0.05, 0.1) is 17.5 Å². The van der Waals surface area contributed by atoms with E-state index < -0.39 is 0 Å². The van der Waals surface area contributed by atoms with E-state index in [1.807, 2.05) is 37.0 Å². The molecule has 126 valence electrons. The SMILES string of the molecule is CC1CCN(C(=O)CC#N)CC1N(C)c1ncnc2c1ccn2C. The normalized spacial score (nSPS) is 20.8. The quantitative estimate of drug-likeness (QED) is 0.855. The van der Waals surface area contributed by atoms with Crippen LogP contribution in [0.4, 0.5) is 5.82 Å². The molecule has 2 aromatic heterocycles. The lowest BCUT2D eigenvalue weighted by molar-refractivity contribution is -0.131. The minimum absolute atomic E-state index is 0.0543. The third kappa shape index (κ3) is 2.80. The molecule has 1 fully saturated rings. The molecule has 7 nitrogen and oxygen atoms in total. The van der Waals surface area contributed by atoms with Gasteiger partial charge in [-0.05, 0) is 18.4 Å². The molecular formula is C17H22N6O. The highest BCUT2D eigenvalue weighted by atomic mass is 16.2. The smallest absolute Gasteiger partial charge is 0.236 e. The monoisotopic (exact) mass is 326 g/mol. The maximum absolute atomic E-state index is 12.1. The van der Waals surface area contributed by atoms with Gasteiger partial charge in [-0.2, -0.15) is 5.26 Å². The van der Waals surface area contributed by atoms with Crippen LogP contribution in [0.15, 0.2) is 18.6 Å². The van der Waals surface area contributed by atoms with E-state index in [1.165, 1.54) is 0 Å². The van der Waals surface area contributed by atoms with Crippen molar-refractivity contribution in [3.8, 4) is 6.07 Å². The lowest BCUT2D eigenvalue weighted by Crippen LogP contribution is -2.52. The minimum atomic E-state index is -0.0876. The number of anilines is 1. The molecule has 7 heteroatoms. The highest BCUT2D eigenvalue weighted by Crippen LogP contribution is 2.29. The summed E-state index contributed by atoms with van der Waals surface area (Å²) in [6.07, 6.45) is 4.43. The van der Waals surface area contributed by atoms with Crippen LogP contribution in [0.5, 0.6) is 0 Å². The Hall–Kier alpha value is -2.62. The predicted molar refractivity (Wildman–Crippen MR) is 91.3 cm³/mol. The Bertz CT molecular complexity index is 792. The summed E-state index contributed by atoms with van der Waals surface area (Å²) in [5.41, 5.74) is 0.896. The minimum Gasteiger partial charge on any atom is -0.354 e. The fraction of sp³-hybridized carbons (Fsp3) is 0.529. The molecule has 3 heterocycles. The molecule has 1 aliphatic rings. The summed E-state index contributed by atoms with van der Waals surface area (Å²) in [6, 6.07) is 4.14. The number of likely N-dealkylation sites (N-methyl/N-ethyl adjacent to an activating group) is 1. The number of rotatable bonds is 3. The zero-order valence-corrected chi connectivity index (χ0v) is 14.3. The van der Waals surface area contributed by atoms with Gasteiger partial charge in [0.25, 0.3) is 0 Å². The molecule has 0 radical (unpaired) electrons. The van der Waals surface area contributed by atoms with Gasteiger partial charge in [-0.1, -0.05) is 6.92 Å². The highest BCUT2D eigenvalue weighted by molar-refractivity contribution is 5.88. The number of carbonyl (C=O) groups is 1. The van der Waals surface area contributed by atoms with Crippen molar-refractivity contribution in [2.24, 2.45) is 13.0 Å². The number of hydrogen-bond donors (Lipinski definition) is 0. The Kier molecular flexibility index (Phi) is 4.38. The molecule has 2 aromatic rings. The maximum atomic E-state index is 12.1. The standard InChI is InChI=1S/C17H22N6O/c1-12-5-9-23(15(24)4-7-18)10-14(12)22(3)17-13-6-8-21(2)16(13)19-11-20-17/h6,8,11-12,14H,4-5,9-10H2,1-3H3. The molecule has 1 amide bonds. The zero-order chi connectivity index (χ0) is 17.3. The van der Waals surface area contributed by atoms with Gasteiger partial charge in [0.2, 0.25) is 5.91 Å². The van der Waals surface area contributed by atoms with Crippen LogP contribution in [-0.4, -0.2) is 51.5 Å². The Labute approximate surface area is 141 Å². The number of fused-ring (bicyclic) bond motifs is 1. The fourth-order valence-electron chi connectivity index (χ4n) is 3.46. The number of nitrogens with zero attached hydrogens (tertiary/aromatic N) is 6. The first-order chi connectivity index (χ1) is 11.5. The van der Waals surface area contributed by atoms with Crippen LogP contribution in [0.2, 0.25) is 0 Å². The number of hydrogen-bond acceptors (Lipinski definition) is 5. The average molecular weight is 326 g/mol. The number of likely N-dealkylation sites (tertiary alicyclic amines) is 1. The molecule has 0 bridgehead atoms. The van der Waals surface area contributed by atoms with Crippen molar-refractivity contribution >= 4 is 22.8 Å². The van der Waals surface area contributed by atoms with Gasteiger partial charge in [-0.3, -0.25) is 4.79 Å². The Morgan fingerprint density at radius 1 is 1.50 bits per heavy atom. The number of piperidine rings is 1. The number of aryl methyl sites for hydroxylation is 1. The van der Waals surface area contributed by atoms with Crippen LogP contribution in [0.1, 0.15) is 19.8 Å². The first-order valence-corrected chi connectivity index (χ1v) is 8.16. The van der Waals surface area contributed by atoms with E-state index in [9.17, 15) is 4.79 Å². The summed E-state index contributed by atoms with van der Waals surface area (Å²) in [4.78, 5) is 24.9. The second-order valence-electron chi connectivity index (χ2n) is 6.48. The number of nitriles is 1. The molecule has 0 N–H and O–H groups in total. The van der Waals surface area contributed by atoms with Crippen molar-refractivity contribution < 1.29 is 4.79 Å². The second-order valence-corrected chi connectivity index (χ2v) is 6.48. The van der Waals surface area contributed by atoms with Gasteiger partial charge in [0.1, 0.15) is 24.2 Å². The zero-order valence-electron chi connectivity index (χ0n) is 14.3.